The normalized spacial score (nSPS) is 10.6. The minimum absolute atomic E-state index is 0.0647. The van der Waals surface area contributed by atoms with Gasteiger partial charge in [-0.3, -0.25) is 4.57 Å². The molecule has 0 bridgehead atoms. The summed E-state index contributed by atoms with van der Waals surface area (Å²) in [5, 5.41) is 7.95. The van der Waals surface area contributed by atoms with Crippen LogP contribution in [0.3, 0.4) is 0 Å². The van der Waals surface area contributed by atoms with Gasteiger partial charge in [-0.25, -0.2) is 9.78 Å². The Labute approximate surface area is 131 Å². The molecule has 0 N–H and O–H groups in total. The lowest BCUT2D eigenvalue weighted by Gasteiger charge is -2.06. The third-order valence-electron chi connectivity index (χ3n) is 3.18. The van der Waals surface area contributed by atoms with Crippen molar-refractivity contribution in [1.29, 1.82) is 0 Å². The fourth-order valence-electron chi connectivity index (χ4n) is 1.88. The molecule has 8 heteroatoms. The van der Waals surface area contributed by atoms with E-state index in [2.05, 4.69) is 15.2 Å². The van der Waals surface area contributed by atoms with Gasteiger partial charge in [-0.2, -0.15) is 0 Å². The van der Waals surface area contributed by atoms with Crippen molar-refractivity contribution in [2.24, 2.45) is 7.05 Å². The fourth-order valence-corrected chi connectivity index (χ4v) is 2.02. The van der Waals surface area contributed by atoms with Gasteiger partial charge in [0.25, 0.3) is 0 Å². The Balaban J connectivity index is 1.66. The highest BCUT2D eigenvalue weighted by atomic mass is 35.5. The minimum atomic E-state index is -0.422. The van der Waals surface area contributed by atoms with E-state index in [4.69, 9.17) is 16.3 Å². The van der Waals surface area contributed by atoms with Gasteiger partial charge in [-0.15, -0.1) is 10.2 Å². The maximum Gasteiger partial charge on any atom is 0.338 e. The molecule has 0 aliphatic rings. The molecular weight excluding hydrogens is 306 g/mol. The van der Waals surface area contributed by atoms with Crippen LogP contribution in [0.2, 0.25) is 5.15 Å². The summed E-state index contributed by atoms with van der Waals surface area (Å²) in [7, 11) is 1.76. The number of carbonyl (C=O) groups is 1. The number of hydrogen-bond acceptors (Lipinski definition) is 5. The second kappa shape index (κ2) is 5.98. The van der Waals surface area contributed by atoms with Crippen molar-refractivity contribution in [3.63, 3.8) is 0 Å². The van der Waals surface area contributed by atoms with Gasteiger partial charge < -0.3 is 9.30 Å². The number of ether oxygens (including phenoxy) is 1. The van der Waals surface area contributed by atoms with E-state index in [1.165, 1.54) is 6.20 Å². The van der Waals surface area contributed by atoms with E-state index in [1.54, 1.807) is 53.1 Å². The Morgan fingerprint density at radius 3 is 2.50 bits per heavy atom. The summed E-state index contributed by atoms with van der Waals surface area (Å²) in [5.41, 5.74) is 1.31. The molecule has 0 atom stereocenters. The maximum atomic E-state index is 12.0. The van der Waals surface area contributed by atoms with Gasteiger partial charge >= 0.3 is 5.97 Å². The SMILES string of the molecule is Cn1c(Cl)cnc1COC(=O)c1ccc(-n2cnnc2)cc1. The number of carbonyl (C=O) groups excluding carboxylic acids is 1. The molecule has 2 heterocycles. The lowest BCUT2D eigenvalue weighted by molar-refractivity contribution is 0.0459. The van der Waals surface area contributed by atoms with E-state index >= 15 is 0 Å². The summed E-state index contributed by atoms with van der Waals surface area (Å²) in [6.07, 6.45) is 4.68. The molecule has 0 saturated heterocycles. The summed E-state index contributed by atoms with van der Waals surface area (Å²) in [6, 6.07) is 6.95. The van der Waals surface area contributed by atoms with Crippen molar-refractivity contribution in [3.8, 4) is 5.69 Å². The summed E-state index contributed by atoms with van der Waals surface area (Å²) in [4.78, 5) is 16.1. The molecule has 112 valence electrons. The van der Waals surface area contributed by atoms with E-state index in [0.717, 1.165) is 5.69 Å². The zero-order chi connectivity index (χ0) is 15.5. The molecule has 0 amide bonds. The van der Waals surface area contributed by atoms with Crippen LogP contribution in [0.4, 0.5) is 0 Å². The van der Waals surface area contributed by atoms with Gasteiger partial charge in [-0.1, -0.05) is 11.6 Å². The van der Waals surface area contributed by atoms with Crippen molar-refractivity contribution in [2.45, 2.75) is 6.61 Å². The number of nitrogens with zero attached hydrogens (tertiary/aromatic N) is 5. The first-order chi connectivity index (χ1) is 10.6. The molecule has 0 unspecified atom stereocenters. The van der Waals surface area contributed by atoms with Gasteiger partial charge in [0.1, 0.15) is 30.2 Å². The Morgan fingerprint density at radius 1 is 1.23 bits per heavy atom. The van der Waals surface area contributed by atoms with Gasteiger partial charge in [0.2, 0.25) is 0 Å². The molecule has 0 aliphatic carbocycles. The molecule has 0 spiro atoms. The largest absolute Gasteiger partial charge is 0.454 e. The fraction of sp³-hybridized carbons (Fsp3) is 0.143. The molecule has 0 aliphatic heterocycles. The molecule has 2 aromatic heterocycles. The first-order valence-corrected chi connectivity index (χ1v) is 6.81. The molecule has 3 rings (SSSR count). The van der Waals surface area contributed by atoms with E-state index in [0.29, 0.717) is 16.5 Å². The molecule has 1 aromatic carbocycles. The number of benzene rings is 1. The van der Waals surface area contributed by atoms with Crippen molar-refractivity contribution in [2.75, 3.05) is 0 Å². The van der Waals surface area contributed by atoms with Crippen LogP contribution in [0.15, 0.2) is 43.1 Å². The minimum Gasteiger partial charge on any atom is -0.454 e. The first-order valence-electron chi connectivity index (χ1n) is 6.43. The van der Waals surface area contributed by atoms with Gasteiger partial charge in [0, 0.05) is 12.7 Å². The smallest absolute Gasteiger partial charge is 0.338 e. The van der Waals surface area contributed by atoms with E-state index < -0.39 is 5.97 Å². The summed E-state index contributed by atoms with van der Waals surface area (Å²) >= 11 is 5.88. The van der Waals surface area contributed by atoms with Crippen LogP contribution >= 0.6 is 11.6 Å². The topological polar surface area (TPSA) is 74.8 Å². The van der Waals surface area contributed by atoms with Gasteiger partial charge in [0.15, 0.2) is 0 Å². The first kappa shape index (κ1) is 14.3. The summed E-state index contributed by atoms with van der Waals surface area (Å²) < 4.78 is 8.62. The second-order valence-corrected chi connectivity index (χ2v) is 4.94. The van der Waals surface area contributed by atoms with Gasteiger partial charge in [0.05, 0.1) is 11.8 Å². The Morgan fingerprint density at radius 2 is 1.91 bits per heavy atom. The third-order valence-corrected chi connectivity index (χ3v) is 3.53. The highest BCUT2D eigenvalue weighted by Gasteiger charge is 2.11. The lowest BCUT2D eigenvalue weighted by Crippen LogP contribution is -2.08. The number of esters is 1. The number of hydrogen-bond donors (Lipinski definition) is 0. The average molecular weight is 318 g/mol. The predicted octanol–water partition coefficient (Wildman–Crippen LogP) is 2.01. The van der Waals surface area contributed by atoms with E-state index in [9.17, 15) is 4.79 Å². The second-order valence-electron chi connectivity index (χ2n) is 4.55. The van der Waals surface area contributed by atoms with E-state index in [1.807, 2.05) is 0 Å². The molecule has 0 radical (unpaired) electrons. The maximum absolute atomic E-state index is 12.0. The monoisotopic (exact) mass is 317 g/mol. The Bertz CT molecular complexity index is 780. The molecule has 22 heavy (non-hydrogen) atoms. The van der Waals surface area contributed by atoms with E-state index in [-0.39, 0.29) is 6.61 Å². The van der Waals surface area contributed by atoms with Crippen molar-refractivity contribution in [1.82, 2.24) is 24.3 Å². The summed E-state index contributed by atoms with van der Waals surface area (Å²) in [5.74, 6) is 0.161. The molecular formula is C14H12ClN5O2. The zero-order valence-corrected chi connectivity index (χ0v) is 12.4. The molecule has 7 nitrogen and oxygen atoms in total. The van der Waals surface area contributed by atoms with Crippen LogP contribution in [-0.4, -0.2) is 30.3 Å². The van der Waals surface area contributed by atoms with Crippen LogP contribution in [0.25, 0.3) is 5.69 Å². The van der Waals surface area contributed by atoms with Crippen molar-refractivity contribution < 1.29 is 9.53 Å². The number of halogens is 1. The van der Waals surface area contributed by atoms with Gasteiger partial charge in [-0.05, 0) is 24.3 Å². The van der Waals surface area contributed by atoms with Crippen LogP contribution < -0.4 is 0 Å². The zero-order valence-electron chi connectivity index (χ0n) is 11.7. The van der Waals surface area contributed by atoms with Crippen LogP contribution in [0, 0.1) is 0 Å². The average Bonchev–Trinajstić information content (AvgIpc) is 3.17. The number of imidazole rings is 1. The van der Waals surface area contributed by atoms with Crippen molar-refractivity contribution in [3.05, 3.63) is 59.7 Å². The predicted molar refractivity (Wildman–Crippen MR) is 78.7 cm³/mol. The Kier molecular flexibility index (Phi) is 3.88. The number of aromatic nitrogens is 5. The third kappa shape index (κ3) is 2.84. The Hall–Kier alpha value is -2.67. The standard InChI is InChI=1S/C14H12ClN5O2/c1-19-12(15)6-16-13(19)7-22-14(21)10-2-4-11(5-3-10)20-8-17-18-9-20/h2-6,8-9H,7H2,1H3. The molecule has 0 fully saturated rings. The highest BCUT2D eigenvalue weighted by Crippen LogP contribution is 2.12. The molecule has 0 saturated carbocycles. The van der Waals surface area contributed by atoms with Crippen LogP contribution in [0.1, 0.15) is 16.2 Å². The van der Waals surface area contributed by atoms with Crippen LogP contribution in [-0.2, 0) is 18.4 Å². The quantitative estimate of drug-likeness (QED) is 0.688. The summed E-state index contributed by atoms with van der Waals surface area (Å²) in [6.45, 7) is 0.0647. The molecule has 3 aromatic rings. The lowest BCUT2D eigenvalue weighted by atomic mass is 10.2. The van der Waals surface area contributed by atoms with Crippen molar-refractivity contribution >= 4 is 17.6 Å². The van der Waals surface area contributed by atoms with Crippen LogP contribution in [0.5, 0.6) is 0 Å². The highest BCUT2D eigenvalue weighted by molar-refractivity contribution is 6.29. The number of rotatable bonds is 4.